The Morgan fingerprint density at radius 3 is 2.50 bits per heavy atom. The van der Waals surface area contributed by atoms with Gasteiger partial charge >= 0.3 is 6.03 Å². The molecule has 3 amide bonds. The third-order valence-electron chi connectivity index (χ3n) is 5.16. The minimum atomic E-state index is -1.17. The molecule has 142 valence electrons. The molecule has 1 saturated heterocycles. The van der Waals surface area contributed by atoms with Crippen molar-refractivity contribution in [2.75, 3.05) is 7.11 Å². The number of benzene rings is 3. The van der Waals surface area contributed by atoms with E-state index in [0.717, 1.165) is 15.7 Å². The number of urea groups is 1. The Balaban J connectivity index is 1.64. The molecule has 3 aromatic rings. The van der Waals surface area contributed by atoms with Gasteiger partial charge in [0.05, 0.1) is 13.7 Å². The number of carbonyl (C=O) groups is 2. The van der Waals surface area contributed by atoms with Gasteiger partial charge in [0.25, 0.3) is 5.91 Å². The van der Waals surface area contributed by atoms with Crippen LogP contribution in [-0.2, 0) is 16.9 Å². The second-order valence-corrected chi connectivity index (χ2v) is 6.98. The lowest BCUT2D eigenvalue weighted by molar-refractivity contribution is -0.131. The van der Waals surface area contributed by atoms with Crippen molar-refractivity contribution in [3.05, 3.63) is 77.6 Å². The minimum Gasteiger partial charge on any atom is -0.494 e. The van der Waals surface area contributed by atoms with Crippen molar-refractivity contribution in [3.8, 4) is 5.75 Å². The molecule has 0 spiro atoms. The molecule has 1 N–H and O–H groups in total. The lowest BCUT2D eigenvalue weighted by atomic mass is 9.90. The Labute approximate surface area is 161 Å². The Morgan fingerprint density at radius 2 is 1.79 bits per heavy atom. The van der Waals surface area contributed by atoms with Crippen LogP contribution in [0.15, 0.2) is 60.7 Å². The maximum atomic E-state index is 14.0. The number of rotatable bonds is 4. The molecule has 6 heteroatoms. The number of carbonyl (C=O) groups excluding carboxylic acids is 2. The quantitative estimate of drug-likeness (QED) is 0.700. The van der Waals surface area contributed by atoms with Gasteiger partial charge in [-0.25, -0.2) is 9.18 Å². The zero-order valence-corrected chi connectivity index (χ0v) is 15.5. The minimum absolute atomic E-state index is 0.0191. The van der Waals surface area contributed by atoms with Gasteiger partial charge in [-0.05, 0) is 47.0 Å². The third-order valence-corrected chi connectivity index (χ3v) is 5.16. The molecule has 1 aliphatic rings. The lowest BCUT2D eigenvalue weighted by Gasteiger charge is -2.23. The fourth-order valence-electron chi connectivity index (χ4n) is 3.53. The number of fused-ring (bicyclic) bond motifs is 1. The number of nitrogens with one attached hydrogen (secondary N) is 1. The topological polar surface area (TPSA) is 58.6 Å². The summed E-state index contributed by atoms with van der Waals surface area (Å²) in [4.78, 5) is 26.7. The highest BCUT2D eigenvalue weighted by Gasteiger charge is 2.48. The fourth-order valence-corrected chi connectivity index (χ4v) is 3.53. The van der Waals surface area contributed by atoms with Crippen molar-refractivity contribution in [2.24, 2.45) is 0 Å². The second kappa shape index (κ2) is 6.64. The van der Waals surface area contributed by atoms with Crippen LogP contribution in [0, 0.1) is 5.82 Å². The van der Waals surface area contributed by atoms with Gasteiger partial charge in [-0.1, -0.05) is 42.5 Å². The maximum absolute atomic E-state index is 14.0. The van der Waals surface area contributed by atoms with E-state index in [4.69, 9.17) is 4.74 Å². The summed E-state index contributed by atoms with van der Waals surface area (Å²) in [6.07, 6.45) is 0. The average Bonchev–Trinajstić information content (AvgIpc) is 2.92. The van der Waals surface area contributed by atoms with Crippen LogP contribution in [0.1, 0.15) is 18.1 Å². The van der Waals surface area contributed by atoms with Gasteiger partial charge in [0, 0.05) is 0 Å². The summed E-state index contributed by atoms with van der Waals surface area (Å²) < 4.78 is 18.9. The summed E-state index contributed by atoms with van der Waals surface area (Å²) in [6.45, 7) is 1.67. The number of methoxy groups -OCH3 is 1. The van der Waals surface area contributed by atoms with Gasteiger partial charge in [-0.15, -0.1) is 0 Å². The van der Waals surface area contributed by atoms with E-state index < -0.39 is 17.4 Å². The van der Waals surface area contributed by atoms with Crippen molar-refractivity contribution < 1.29 is 18.7 Å². The lowest BCUT2D eigenvalue weighted by Crippen LogP contribution is -2.40. The molecule has 1 fully saturated rings. The molecule has 5 nitrogen and oxygen atoms in total. The van der Waals surface area contributed by atoms with E-state index in [0.29, 0.717) is 11.1 Å². The number of ether oxygens (including phenoxy) is 1. The number of hydrogen-bond donors (Lipinski definition) is 1. The Hall–Kier alpha value is -3.41. The largest absolute Gasteiger partial charge is 0.494 e. The van der Waals surface area contributed by atoms with Gasteiger partial charge < -0.3 is 10.1 Å². The zero-order chi connectivity index (χ0) is 19.9. The van der Waals surface area contributed by atoms with Crippen LogP contribution in [0.3, 0.4) is 0 Å². The van der Waals surface area contributed by atoms with E-state index in [2.05, 4.69) is 5.32 Å². The fraction of sp³-hybridized carbons (Fsp3) is 0.182. The predicted molar refractivity (Wildman–Crippen MR) is 103 cm³/mol. The highest BCUT2D eigenvalue weighted by Crippen LogP contribution is 2.32. The zero-order valence-electron chi connectivity index (χ0n) is 15.5. The summed E-state index contributed by atoms with van der Waals surface area (Å²) in [7, 11) is 1.38. The number of amides is 3. The van der Waals surface area contributed by atoms with Crippen LogP contribution in [-0.4, -0.2) is 23.9 Å². The van der Waals surface area contributed by atoms with E-state index >= 15 is 0 Å². The summed E-state index contributed by atoms with van der Waals surface area (Å²) in [5.74, 6) is -0.796. The molecule has 1 heterocycles. The molecule has 1 atom stereocenters. The first-order valence-electron chi connectivity index (χ1n) is 8.88. The van der Waals surface area contributed by atoms with Gasteiger partial charge in [-0.2, -0.15) is 0 Å². The second-order valence-electron chi connectivity index (χ2n) is 6.98. The van der Waals surface area contributed by atoms with Gasteiger partial charge in [0.2, 0.25) is 0 Å². The first-order valence-corrected chi connectivity index (χ1v) is 8.88. The summed E-state index contributed by atoms with van der Waals surface area (Å²) in [5, 5.41) is 4.83. The van der Waals surface area contributed by atoms with Crippen molar-refractivity contribution in [1.82, 2.24) is 10.2 Å². The van der Waals surface area contributed by atoms with Gasteiger partial charge in [0.15, 0.2) is 11.6 Å². The van der Waals surface area contributed by atoms with Crippen LogP contribution < -0.4 is 10.1 Å². The van der Waals surface area contributed by atoms with Gasteiger partial charge in [0.1, 0.15) is 5.54 Å². The summed E-state index contributed by atoms with van der Waals surface area (Å²) in [5.41, 5.74) is 0.0316. The van der Waals surface area contributed by atoms with E-state index in [1.165, 1.54) is 19.2 Å². The van der Waals surface area contributed by atoms with Crippen molar-refractivity contribution in [1.29, 1.82) is 0 Å². The highest BCUT2D eigenvalue weighted by atomic mass is 19.1. The number of imide groups is 1. The molecule has 0 radical (unpaired) electrons. The van der Waals surface area contributed by atoms with Crippen molar-refractivity contribution in [2.45, 2.75) is 19.0 Å². The Morgan fingerprint density at radius 1 is 1.04 bits per heavy atom. The van der Waals surface area contributed by atoms with E-state index in [1.807, 2.05) is 42.5 Å². The number of hydrogen-bond acceptors (Lipinski definition) is 3. The van der Waals surface area contributed by atoms with E-state index in [9.17, 15) is 14.0 Å². The van der Waals surface area contributed by atoms with Crippen molar-refractivity contribution >= 4 is 22.7 Å². The number of halogens is 1. The molecule has 28 heavy (non-hydrogen) atoms. The normalized spacial score (nSPS) is 19.2. The smallest absolute Gasteiger partial charge is 0.325 e. The monoisotopic (exact) mass is 378 g/mol. The molecule has 0 aliphatic carbocycles. The average molecular weight is 378 g/mol. The highest BCUT2D eigenvalue weighted by molar-refractivity contribution is 6.07. The molecule has 1 aliphatic heterocycles. The predicted octanol–water partition coefficient (Wildman–Crippen LogP) is 3.95. The standard InChI is InChI=1S/C22H19FN2O3/c1-22(17-9-8-15-5-3-4-6-16(15)12-17)20(26)25(21(27)24-22)13-14-7-10-19(28-2)18(23)11-14/h3-12H,13H2,1-2H3,(H,24,27). The number of nitrogens with zero attached hydrogens (tertiary/aromatic N) is 1. The van der Waals surface area contributed by atoms with Crippen LogP contribution in [0.25, 0.3) is 10.8 Å². The SMILES string of the molecule is COc1ccc(CN2C(=O)NC(C)(c3ccc4ccccc4c3)C2=O)cc1F. The molecule has 1 unspecified atom stereocenters. The molecule has 0 aromatic heterocycles. The molecule has 4 rings (SSSR count). The Kier molecular flexibility index (Phi) is 4.26. The maximum Gasteiger partial charge on any atom is 0.325 e. The molecular formula is C22H19FN2O3. The van der Waals surface area contributed by atoms with Crippen molar-refractivity contribution in [3.63, 3.8) is 0 Å². The van der Waals surface area contributed by atoms with Crippen LogP contribution in [0.4, 0.5) is 9.18 Å². The van der Waals surface area contributed by atoms with Crippen LogP contribution >= 0.6 is 0 Å². The van der Waals surface area contributed by atoms with Crippen LogP contribution in [0.5, 0.6) is 5.75 Å². The molecule has 3 aromatic carbocycles. The van der Waals surface area contributed by atoms with Crippen LogP contribution in [0.2, 0.25) is 0 Å². The molecule has 0 bridgehead atoms. The first kappa shape index (κ1) is 18.0. The molecule has 0 saturated carbocycles. The summed E-state index contributed by atoms with van der Waals surface area (Å²) >= 11 is 0. The Bertz CT molecular complexity index is 1100. The third kappa shape index (κ3) is 2.87. The van der Waals surface area contributed by atoms with Gasteiger partial charge in [-0.3, -0.25) is 9.69 Å². The van der Waals surface area contributed by atoms with E-state index in [1.54, 1.807) is 13.0 Å². The van der Waals surface area contributed by atoms with E-state index in [-0.39, 0.29) is 18.2 Å². The first-order chi connectivity index (χ1) is 13.4. The molecular weight excluding hydrogens is 359 g/mol. The summed E-state index contributed by atoms with van der Waals surface area (Å²) in [6, 6.07) is 17.4.